The number of hydrogen-bond donors (Lipinski definition) is 1. The largest absolute Gasteiger partial charge is 0.368 e. The highest BCUT2D eigenvalue weighted by Crippen LogP contribution is 2.24. The molecule has 0 radical (unpaired) electrons. The zero-order chi connectivity index (χ0) is 23.8. The third-order valence-electron chi connectivity index (χ3n) is 7.13. The van der Waals surface area contributed by atoms with E-state index in [4.69, 9.17) is 16.3 Å². The van der Waals surface area contributed by atoms with Crippen LogP contribution in [0.25, 0.3) is 0 Å². The lowest BCUT2D eigenvalue weighted by molar-refractivity contribution is 0.00552. The third kappa shape index (κ3) is 7.46. The van der Waals surface area contributed by atoms with E-state index in [0.29, 0.717) is 12.5 Å². The molecule has 0 aromatic heterocycles. The molecule has 0 unspecified atom stereocenters. The van der Waals surface area contributed by atoms with Crippen molar-refractivity contribution in [1.29, 1.82) is 0 Å². The Kier molecular flexibility index (Phi) is 9.25. The van der Waals surface area contributed by atoms with Gasteiger partial charge in [0.2, 0.25) is 0 Å². The number of carbonyl (C=O) groups excluding carboxylic acids is 1. The fourth-order valence-electron chi connectivity index (χ4n) is 5.03. The number of ether oxygens (including phenoxy) is 1. The smallest absolute Gasteiger partial charge is 0.317 e. The number of hydrogen-bond acceptors (Lipinski definition) is 3. The van der Waals surface area contributed by atoms with Gasteiger partial charge in [-0.3, -0.25) is 4.90 Å². The number of urea groups is 1. The molecule has 1 atom stereocenters. The number of halogens is 1. The van der Waals surface area contributed by atoms with Gasteiger partial charge in [0.15, 0.2) is 0 Å². The van der Waals surface area contributed by atoms with Crippen molar-refractivity contribution in [1.82, 2.24) is 15.1 Å². The molecule has 184 valence electrons. The average Bonchev–Trinajstić information content (AvgIpc) is 2.87. The number of amides is 2. The van der Waals surface area contributed by atoms with Crippen LogP contribution in [-0.2, 0) is 11.3 Å². The molecular formula is C28H38ClN3O2. The summed E-state index contributed by atoms with van der Waals surface area (Å²) in [5.74, 6) is 0.657. The molecule has 2 fully saturated rings. The summed E-state index contributed by atoms with van der Waals surface area (Å²) < 4.78 is 6.41. The van der Waals surface area contributed by atoms with Crippen LogP contribution in [0.15, 0.2) is 48.5 Å². The second-order valence-electron chi connectivity index (χ2n) is 9.82. The van der Waals surface area contributed by atoms with Crippen molar-refractivity contribution in [3.8, 4) is 0 Å². The van der Waals surface area contributed by atoms with Crippen molar-refractivity contribution in [3.63, 3.8) is 0 Å². The number of rotatable bonds is 8. The Morgan fingerprint density at radius 3 is 2.50 bits per heavy atom. The van der Waals surface area contributed by atoms with Gasteiger partial charge in [0, 0.05) is 44.3 Å². The van der Waals surface area contributed by atoms with Gasteiger partial charge in [-0.25, -0.2) is 4.79 Å². The molecule has 2 aromatic carbocycles. The highest BCUT2D eigenvalue weighted by atomic mass is 35.5. The van der Waals surface area contributed by atoms with Gasteiger partial charge in [0.1, 0.15) is 0 Å². The lowest BCUT2D eigenvalue weighted by atomic mass is 9.89. The Labute approximate surface area is 209 Å². The molecule has 5 nitrogen and oxygen atoms in total. The molecule has 1 aliphatic carbocycles. The molecule has 1 aliphatic heterocycles. The summed E-state index contributed by atoms with van der Waals surface area (Å²) in [5, 5.41) is 3.91. The minimum absolute atomic E-state index is 0.0514. The van der Waals surface area contributed by atoms with E-state index in [1.807, 2.05) is 17.0 Å². The minimum atomic E-state index is -0.0514. The summed E-state index contributed by atoms with van der Waals surface area (Å²) in [6, 6.07) is 16.5. The Balaban J connectivity index is 1.29. The van der Waals surface area contributed by atoms with Crippen LogP contribution in [0.5, 0.6) is 0 Å². The van der Waals surface area contributed by atoms with Gasteiger partial charge in [-0.15, -0.1) is 0 Å². The van der Waals surface area contributed by atoms with Crippen LogP contribution < -0.4 is 5.32 Å². The molecule has 1 heterocycles. The van der Waals surface area contributed by atoms with Crippen molar-refractivity contribution in [2.24, 2.45) is 5.92 Å². The summed E-state index contributed by atoms with van der Waals surface area (Å²) >= 11 is 6.12. The fraction of sp³-hybridized carbons (Fsp3) is 0.536. The first-order valence-electron chi connectivity index (χ1n) is 12.7. The summed E-state index contributed by atoms with van der Waals surface area (Å²) in [7, 11) is 0. The Morgan fingerprint density at radius 1 is 1.06 bits per heavy atom. The fourth-order valence-corrected chi connectivity index (χ4v) is 5.16. The standard InChI is InChI=1S/C28H38ClN3O2/c1-22-6-5-9-24(18-22)21-34-27(25-10-12-26(29)13-11-25)20-31-14-16-32(17-15-31)28(33)30-19-23-7-3-2-4-8-23/h5-6,9-13,18,23,27H,2-4,7-8,14-17,19-21H2,1H3,(H,30,33)/t27-/m0/s1. The first-order chi connectivity index (χ1) is 16.6. The number of nitrogens with one attached hydrogen (secondary N) is 1. The van der Waals surface area contributed by atoms with Gasteiger partial charge in [-0.1, -0.05) is 72.8 Å². The molecule has 2 amide bonds. The molecule has 2 aromatic rings. The van der Waals surface area contributed by atoms with E-state index in [9.17, 15) is 4.79 Å². The molecule has 34 heavy (non-hydrogen) atoms. The van der Waals surface area contributed by atoms with Crippen LogP contribution >= 0.6 is 11.6 Å². The molecule has 4 rings (SSSR count). The van der Waals surface area contributed by atoms with Crippen molar-refractivity contribution >= 4 is 17.6 Å². The lowest BCUT2D eigenvalue weighted by Gasteiger charge is -2.36. The maximum absolute atomic E-state index is 12.7. The quantitative estimate of drug-likeness (QED) is 0.515. The summed E-state index contributed by atoms with van der Waals surface area (Å²) in [5.41, 5.74) is 3.55. The molecular weight excluding hydrogens is 446 g/mol. The van der Waals surface area contributed by atoms with Crippen LogP contribution in [0.1, 0.15) is 54.9 Å². The van der Waals surface area contributed by atoms with Crippen LogP contribution in [0.4, 0.5) is 4.79 Å². The van der Waals surface area contributed by atoms with Crippen LogP contribution in [0.3, 0.4) is 0 Å². The predicted octanol–water partition coefficient (Wildman–Crippen LogP) is 5.81. The topological polar surface area (TPSA) is 44.8 Å². The molecule has 0 spiro atoms. The number of aryl methyl sites for hydroxylation is 1. The molecule has 1 saturated carbocycles. The van der Waals surface area contributed by atoms with Gasteiger partial charge in [0.05, 0.1) is 12.7 Å². The average molecular weight is 484 g/mol. The van der Waals surface area contributed by atoms with E-state index in [1.165, 1.54) is 43.2 Å². The summed E-state index contributed by atoms with van der Waals surface area (Å²) in [6.45, 7) is 7.51. The zero-order valence-corrected chi connectivity index (χ0v) is 21.1. The van der Waals surface area contributed by atoms with Crippen molar-refractivity contribution in [2.75, 3.05) is 39.3 Å². The van der Waals surface area contributed by atoms with E-state index < -0.39 is 0 Å². The number of piperazine rings is 1. The first kappa shape index (κ1) is 25.0. The normalized spacial score (nSPS) is 18.6. The molecule has 6 heteroatoms. The van der Waals surface area contributed by atoms with E-state index in [-0.39, 0.29) is 12.1 Å². The lowest BCUT2D eigenvalue weighted by Crippen LogP contribution is -2.53. The highest BCUT2D eigenvalue weighted by molar-refractivity contribution is 6.30. The minimum Gasteiger partial charge on any atom is -0.368 e. The zero-order valence-electron chi connectivity index (χ0n) is 20.3. The molecule has 0 bridgehead atoms. The summed E-state index contributed by atoms with van der Waals surface area (Å²) in [4.78, 5) is 17.0. The third-order valence-corrected chi connectivity index (χ3v) is 7.38. The number of nitrogens with zero attached hydrogens (tertiary/aromatic N) is 2. The van der Waals surface area contributed by atoms with Crippen LogP contribution in [-0.4, -0.2) is 55.1 Å². The molecule has 1 N–H and O–H groups in total. The number of benzene rings is 2. The van der Waals surface area contributed by atoms with E-state index in [1.54, 1.807) is 0 Å². The monoisotopic (exact) mass is 483 g/mol. The highest BCUT2D eigenvalue weighted by Gasteiger charge is 2.25. The van der Waals surface area contributed by atoms with Gasteiger partial charge in [0.25, 0.3) is 0 Å². The van der Waals surface area contributed by atoms with Crippen LogP contribution in [0, 0.1) is 12.8 Å². The molecule has 1 saturated heterocycles. The van der Waals surface area contributed by atoms with E-state index >= 15 is 0 Å². The van der Waals surface area contributed by atoms with Crippen molar-refractivity contribution < 1.29 is 9.53 Å². The Bertz CT molecular complexity index is 906. The second-order valence-corrected chi connectivity index (χ2v) is 10.3. The SMILES string of the molecule is Cc1cccc(CO[C@@H](CN2CCN(C(=O)NCC3CCCCC3)CC2)c2ccc(Cl)cc2)c1. The predicted molar refractivity (Wildman–Crippen MR) is 138 cm³/mol. The van der Waals surface area contributed by atoms with Gasteiger partial charge >= 0.3 is 6.03 Å². The van der Waals surface area contributed by atoms with E-state index in [2.05, 4.69) is 53.5 Å². The van der Waals surface area contributed by atoms with Crippen LogP contribution in [0.2, 0.25) is 5.02 Å². The Hall–Kier alpha value is -2.08. The first-order valence-corrected chi connectivity index (χ1v) is 13.1. The maximum atomic E-state index is 12.7. The van der Waals surface area contributed by atoms with Crippen molar-refractivity contribution in [3.05, 3.63) is 70.2 Å². The number of carbonyl (C=O) groups is 1. The summed E-state index contributed by atoms with van der Waals surface area (Å²) in [6.07, 6.45) is 6.41. The maximum Gasteiger partial charge on any atom is 0.317 e. The Morgan fingerprint density at radius 2 is 1.79 bits per heavy atom. The second kappa shape index (κ2) is 12.6. The van der Waals surface area contributed by atoms with Gasteiger partial charge in [-0.2, -0.15) is 0 Å². The van der Waals surface area contributed by atoms with Gasteiger partial charge < -0.3 is 15.0 Å². The van der Waals surface area contributed by atoms with Gasteiger partial charge in [-0.05, 0) is 48.9 Å². The molecule has 2 aliphatic rings. The van der Waals surface area contributed by atoms with E-state index in [0.717, 1.165) is 49.9 Å². The van der Waals surface area contributed by atoms with Crippen molar-refractivity contribution in [2.45, 2.75) is 51.7 Å².